The van der Waals surface area contributed by atoms with Crippen LogP contribution in [0, 0.1) is 0 Å². The van der Waals surface area contributed by atoms with Gasteiger partial charge in [-0.25, -0.2) is 4.98 Å². The fraction of sp³-hybridized carbons (Fsp3) is 0.116. The van der Waals surface area contributed by atoms with Gasteiger partial charge < -0.3 is 14.2 Å². The molecule has 0 atom stereocenters. The first-order chi connectivity index (χ1) is 36.0. The Labute approximate surface area is 429 Å². The summed E-state index contributed by atoms with van der Waals surface area (Å²) in [5, 5.41) is 14.8. The predicted molar refractivity (Wildman–Crippen MR) is 315 cm³/mol. The second-order valence-corrected chi connectivity index (χ2v) is 22.4. The average Bonchev–Trinajstić information content (AvgIpc) is 4.19. The van der Waals surface area contributed by atoms with Gasteiger partial charge in [-0.2, -0.15) is 0 Å². The molecule has 0 amide bonds. The van der Waals surface area contributed by atoms with Crippen molar-refractivity contribution in [1.82, 2.24) is 13.8 Å². The zero-order chi connectivity index (χ0) is 49.8. The van der Waals surface area contributed by atoms with E-state index in [4.69, 9.17) is 4.98 Å². The van der Waals surface area contributed by atoms with Crippen LogP contribution in [0.15, 0.2) is 212 Å². The predicted octanol–water partition coefficient (Wildman–Crippen LogP) is 19.2. The monoisotopic (exact) mass is 951 g/mol. The van der Waals surface area contributed by atoms with E-state index < -0.39 is 0 Å². The van der Waals surface area contributed by atoms with E-state index in [0.29, 0.717) is 0 Å². The summed E-state index contributed by atoms with van der Waals surface area (Å²) in [5.74, 6) is 0. The van der Waals surface area contributed by atoms with Crippen LogP contribution in [-0.4, -0.2) is 13.8 Å². The van der Waals surface area contributed by atoms with Crippen molar-refractivity contribution in [2.24, 2.45) is 0 Å². The molecule has 5 aromatic heterocycles. The van der Waals surface area contributed by atoms with Gasteiger partial charge >= 0.3 is 0 Å². The minimum Gasteiger partial charge on any atom is -0.308 e. The molecule has 5 heterocycles. The molecule has 0 fully saturated rings. The third-order valence-corrected chi connectivity index (χ3v) is 16.0. The molecular weight excluding hydrogens is 899 g/mol. The number of rotatable bonds is 6. The smallest absolute Gasteiger partial charge is 0.146 e. The molecule has 15 rings (SSSR count). The highest BCUT2D eigenvalue weighted by atomic mass is 15.2. The van der Waals surface area contributed by atoms with Crippen molar-refractivity contribution >= 4 is 132 Å². The highest BCUT2D eigenvalue weighted by Crippen LogP contribution is 2.54. The van der Waals surface area contributed by atoms with Crippen LogP contribution < -0.4 is 9.80 Å². The SMILES string of the molecule is CC(C)(C)c1cc(N(c2ccccc2)c2ccccc2)c2c(c1)c1cc(C(C)(C)C)cc3c4c5c6cc7ccccc7c7c8c9ccccc9cc(N(c9ccccc9)c9ccccc9)c8n(c5cnc4n2c13)c67. The van der Waals surface area contributed by atoms with Crippen LogP contribution >= 0.6 is 0 Å². The summed E-state index contributed by atoms with van der Waals surface area (Å²) in [7, 11) is 0. The Balaban J connectivity index is 1.18. The Bertz CT molecular complexity index is 4630. The number of nitrogens with zero attached hydrogens (tertiary/aromatic N) is 5. The topological polar surface area (TPSA) is 28.2 Å². The van der Waals surface area contributed by atoms with Gasteiger partial charge in [0.2, 0.25) is 0 Å². The van der Waals surface area contributed by atoms with E-state index in [1.807, 2.05) is 0 Å². The molecule has 0 N–H and O–H groups in total. The van der Waals surface area contributed by atoms with Gasteiger partial charge in [-0.05, 0) is 128 Å². The first-order valence-electron chi connectivity index (χ1n) is 26.0. The van der Waals surface area contributed by atoms with E-state index in [0.717, 1.165) is 50.8 Å². The quantitative estimate of drug-likeness (QED) is 0.166. The molecule has 0 aliphatic rings. The van der Waals surface area contributed by atoms with Crippen LogP contribution in [0.3, 0.4) is 0 Å². The summed E-state index contributed by atoms with van der Waals surface area (Å²) in [6.07, 6.45) is 2.19. The first kappa shape index (κ1) is 42.7. The molecule has 0 aliphatic heterocycles. The third-order valence-electron chi connectivity index (χ3n) is 16.0. The van der Waals surface area contributed by atoms with Crippen LogP contribution in [-0.2, 0) is 10.8 Å². The molecule has 0 unspecified atom stereocenters. The molecule has 5 heteroatoms. The van der Waals surface area contributed by atoms with Crippen LogP contribution in [0.25, 0.3) is 97.9 Å². The van der Waals surface area contributed by atoms with Crippen LogP contribution in [0.2, 0.25) is 0 Å². The maximum atomic E-state index is 5.79. The maximum Gasteiger partial charge on any atom is 0.146 e. The molecule has 10 aromatic carbocycles. The van der Waals surface area contributed by atoms with Crippen molar-refractivity contribution in [1.29, 1.82) is 0 Å². The lowest BCUT2D eigenvalue weighted by Crippen LogP contribution is -2.15. The van der Waals surface area contributed by atoms with Gasteiger partial charge in [-0.3, -0.25) is 4.40 Å². The van der Waals surface area contributed by atoms with E-state index >= 15 is 0 Å². The molecule has 0 bridgehead atoms. The van der Waals surface area contributed by atoms with Crippen LogP contribution in [0.5, 0.6) is 0 Å². The van der Waals surface area contributed by atoms with E-state index in [9.17, 15) is 0 Å². The van der Waals surface area contributed by atoms with Crippen molar-refractivity contribution in [2.75, 3.05) is 9.80 Å². The number of para-hydroxylation sites is 4. The fourth-order valence-electron chi connectivity index (χ4n) is 12.5. The Morgan fingerprint density at radius 2 is 0.757 bits per heavy atom. The first-order valence-corrected chi connectivity index (χ1v) is 26.0. The molecule has 15 aromatic rings. The summed E-state index contributed by atoms with van der Waals surface area (Å²) in [5.41, 5.74) is 15.8. The zero-order valence-corrected chi connectivity index (χ0v) is 42.4. The Kier molecular flexibility index (Phi) is 8.83. The lowest BCUT2D eigenvalue weighted by Gasteiger charge is -2.29. The number of anilines is 6. The zero-order valence-electron chi connectivity index (χ0n) is 42.4. The number of benzene rings is 10. The molecule has 0 saturated heterocycles. The van der Waals surface area contributed by atoms with E-state index in [1.165, 1.54) is 92.3 Å². The Hall–Kier alpha value is -8.93. The largest absolute Gasteiger partial charge is 0.308 e. The van der Waals surface area contributed by atoms with Gasteiger partial charge in [0.25, 0.3) is 0 Å². The van der Waals surface area contributed by atoms with Crippen molar-refractivity contribution in [3.63, 3.8) is 0 Å². The number of fused-ring (bicyclic) bond motifs is 17. The average molecular weight is 952 g/mol. The standard InChI is InChI=1S/C69H53N5/c1-68(2,3)44-37-52-53-38-45(69(4,5)6)40-57(72(48-29-15-9-16-30-48)49-31-17-10-18-32-49)64(53)74-63(52)55(39-44)62-59-54-35-42-23-19-21-33-50(42)60-61-51-34-22-20-24-43(51)36-56(66(61)73(65(54)60)58(59)41-70-67(62)74)71(46-25-11-7-12-26-46)47-27-13-8-14-28-47/h7-41H,1-6H3. The minimum atomic E-state index is -0.135. The summed E-state index contributed by atoms with van der Waals surface area (Å²) >= 11 is 0. The normalized spacial score (nSPS) is 12.7. The van der Waals surface area contributed by atoms with E-state index in [-0.39, 0.29) is 10.8 Å². The van der Waals surface area contributed by atoms with Gasteiger partial charge in [-0.15, -0.1) is 0 Å². The van der Waals surface area contributed by atoms with E-state index in [2.05, 4.69) is 273 Å². The lowest BCUT2D eigenvalue weighted by atomic mass is 9.84. The number of hydrogen-bond donors (Lipinski definition) is 0. The molecule has 0 saturated carbocycles. The molecule has 0 radical (unpaired) electrons. The van der Waals surface area contributed by atoms with Gasteiger partial charge in [0.15, 0.2) is 0 Å². The van der Waals surface area contributed by atoms with Crippen molar-refractivity contribution in [3.8, 4) is 0 Å². The summed E-state index contributed by atoms with van der Waals surface area (Å²) in [4.78, 5) is 10.7. The van der Waals surface area contributed by atoms with Crippen molar-refractivity contribution in [3.05, 3.63) is 224 Å². The maximum absolute atomic E-state index is 5.79. The molecule has 0 spiro atoms. The molecule has 74 heavy (non-hydrogen) atoms. The molecule has 5 nitrogen and oxygen atoms in total. The fourth-order valence-corrected chi connectivity index (χ4v) is 12.5. The second kappa shape index (κ2) is 15.3. The minimum absolute atomic E-state index is 0.125. The van der Waals surface area contributed by atoms with Crippen molar-refractivity contribution in [2.45, 2.75) is 52.4 Å². The van der Waals surface area contributed by atoms with E-state index in [1.54, 1.807) is 0 Å². The van der Waals surface area contributed by atoms with Crippen molar-refractivity contribution < 1.29 is 0 Å². The van der Waals surface area contributed by atoms with Gasteiger partial charge in [-0.1, -0.05) is 163 Å². The number of aromatic nitrogens is 3. The summed E-state index contributed by atoms with van der Waals surface area (Å²) < 4.78 is 5.11. The number of pyridine rings is 1. The van der Waals surface area contributed by atoms with Gasteiger partial charge in [0.05, 0.1) is 45.2 Å². The number of hydrogen-bond acceptors (Lipinski definition) is 3. The molecular formula is C69H53N5. The van der Waals surface area contributed by atoms with Crippen LogP contribution in [0.1, 0.15) is 52.7 Å². The Morgan fingerprint density at radius 3 is 1.28 bits per heavy atom. The Morgan fingerprint density at radius 1 is 0.338 bits per heavy atom. The molecule has 354 valence electrons. The van der Waals surface area contributed by atoms with Gasteiger partial charge in [0.1, 0.15) is 5.65 Å². The highest BCUT2D eigenvalue weighted by Gasteiger charge is 2.33. The second-order valence-electron chi connectivity index (χ2n) is 22.4. The summed E-state index contributed by atoms with van der Waals surface area (Å²) in [6.45, 7) is 14.1. The van der Waals surface area contributed by atoms with Gasteiger partial charge in [0, 0.05) is 65.8 Å². The summed E-state index contributed by atoms with van der Waals surface area (Å²) in [6, 6.07) is 76.2. The highest BCUT2D eigenvalue weighted by molar-refractivity contribution is 6.41. The molecule has 0 aliphatic carbocycles. The van der Waals surface area contributed by atoms with Crippen LogP contribution in [0.4, 0.5) is 34.1 Å². The lowest BCUT2D eigenvalue weighted by molar-refractivity contribution is 0.591. The third kappa shape index (κ3) is 5.95.